The van der Waals surface area contributed by atoms with Crippen LogP contribution < -0.4 is 15.4 Å². The zero-order valence-electron chi connectivity index (χ0n) is 15.3. The molecule has 0 unspecified atom stereocenters. The summed E-state index contributed by atoms with van der Waals surface area (Å²) in [6.45, 7) is 0. The van der Waals surface area contributed by atoms with Gasteiger partial charge in [0.15, 0.2) is 5.13 Å². The van der Waals surface area contributed by atoms with E-state index in [0.29, 0.717) is 5.13 Å². The van der Waals surface area contributed by atoms with E-state index in [4.69, 9.17) is 0 Å². The Morgan fingerprint density at radius 3 is 2.32 bits per heavy atom. The Balaban J connectivity index is 1.60. The van der Waals surface area contributed by atoms with Crippen molar-refractivity contribution in [3.63, 3.8) is 0 Å². The number of hydrogen-bond donors (Lipinski definition) is 2. The van der Waals surface area contributed by atoms with Crippen LogP contribution in [0.1, 0.15) is 0 Å². The van der Waals surface area contributed by atoms with Crippen molar-refractivity contribution in [1.82, 2.24) is 15.0 Å². The molecule has 0 aliphatic rings. The van der Waals surface area contributed by atoms with E-state index in [9.17, 15) is 23.3 Å². The van der Waals surface area contributed by atoms with E-state index in [1.807, 2.05) is 24.3 Å². The van der Waals surface area contributed by atoms with E-state index in [-0.39, 0.29) is 17.3 Å². The third-order valence-corrected chi connectivity index (χ3v) is 4.83. The number of thiazole rings is 1. The molecule has 0 amide bonds. The first kappa shape index (κ1) is 20.3. The number of nitrogens with zero attached hydrogens (tertiary/aromatic N) is 4. The maximum Gasteiger partial charge on any atom is 0.573 e. The summed E-state index contributed by atoms with van der Waals surface area (Å²) in [7, 11) is 0. The van der Waals surface area contributed by atoms with Crippen LogP contribution in [0.5, 0.6) is 5.75 Å². The lowest BCUT2D eigenvalue weighted by molar-refractivity contribution is -0.383. The van der Waals surface area contributed by atoms with Crippen molar-refractivity contribution in [2.45, 2.75) is 6.36 Å². The molecule has 158 valence electrons. The molecule has 31 heavy (non-hydrogen) atoms. The summed E-state index contributed by atoms with van der Waals surface area (Å²) in [5.74, 6) is -0.653. The maximum atomic E-state index is 12.3. The van der Waals surface area contributed by atoms with Crippen LogP contribution in [0.2, 0.25) is 0 Å². The minimum atomic E-state index is -4.82. The molecule has 0 atom stereocenters. The molecule has 0 bridgehead atoms. The zero-order valence-corrected chi connectivity index (χ0v) is 16.1. The maximum absolute atomic E-state index is 12.3. The second-order valence-electron chi connectivity index (χ2n) is 5.99. The quantitative estimate of drug-likeness (QED) is 0.298. The number of para-hydroxylation sites is 1. The fourth-order valence-electron chi connectivity index (χ4n) is 2.64. The van der Waals surface area contributed by atoms with E-state index in [0.717, 1.165) is 28.7 Å². The first-order chi connectivity index (χ1) is 14.8. The molecule has 4 rings (SSSR count). The van der Waals surface area contributed by atoms with Crippen LogP contribution in [-0.2, 0) is 0 Å². The molecule has 0 fully saturated rings. The molecule has 13 heteroatoms. The second-order valence-corrected chi connectivity index (χ2v) is 7.02. The minimum Gasteiger partial charge on any atom is -0.406 e. The number of ether oxygens (including phenoxy) is 1. The van der Waals surface area contributed by atoms with Gasteiger partial charge in [0.25, 0.3) is 0 Å². The van der Waals surface area contributed by atoms with Gasteiger partial charge in [-0.1, -0.05) is 23.5 Å². The topological polar surface area (TPSA) is 115 Å². The summed E-state index contributed by atoms with van der Waals surface area (Å²) in [5.41, 5.74) is 0.547. The molecule has 2 heterocycles. The number of aromatic nitrogens is 3. The van der Waals surface area contributed by atoms with E-state index in [1.54, 1.807) is 0 Å². The Bertz CT molecular complexity index is 1210. The van der Waals surface area contributed by atoms with Gasteiger partial charge in [-0.2, -0.15) is 0 Å². The molecular weight excluding hydrogens is 437 g/mol. The van der Waals surface area contributed by atoms with Crippen LogP contribution >= 0.6 is 11.3 Å². The van der Waals surface area contributed by atoms with Crippen molar-refractivity contribution < 1.29 is 22.8 Å². The van der Waals surface area contributed by atoms with Crippen LogP contribution in [0, 0.1) is 10.1 Å². The Morgan fingerprint density at radius 2 is 1.68 bits per heavy atom. The van der Waals surface area contributed by atoms with Gasteiger partial charge in [0.2, 0.25) is 11.6 Å². The normalized spacial score (nSPS) is 11.3. The molecule has 0 saturated carbocycles. The summed E-state index contributed by atoms with van der Waals surface area (Å²) in [6, 6.07) is 12.0. The highest BCUT2D eigenvalue weighted by molar-refractivity contribution is 7.22. The summed E-state index contributed by atoms with van der Waals surface area (Å²) in [5, 5.41) is 17.6. The molecule has 2 aromatic heterocycles. The number of alkyl halides is 3. The molecular formula is C18H11F3N6O3S. The predicted molar refractivity (Wildman–Crippen MR) is 108 cm³/mol. The lowest BCUT2D eigenvalue weighted by atomic mass is 10.3. The molecule has 9 nitrogen and oxygen atoms in total. The van der Waals surface area contributed by atoms with Gasteiger partial charge in [0.1, 0.15) is 12.1 Å². The summed E-state index contributed by atoms with van der Waals surface area (Å²) < 4.78 is 41.5. The van der Waals surface area contributed by atoms with E-state index in [1.165, 1.54) is 23.5 Å². The van der Waals surface area contributed by atoms with Crippen LogP contribution in [-0.4, -0.2) is 26.2 Å². The number of halogens is 3. The number of rotatable bonds is 6. The average molecular weight is 448 g/mol. The van der Waals surface area contributed by atoms with Crippen molar-refractivity contribution in [3.05, 3.63) is 65.0 Å². The van der Waals surface area contributed by atoms with Crippen molar-refractivity contribution in [2.24, 2.45) is 0 Å². The van der Waals surface area contributed by atoms with Gasteiger partial charge in [-0.05, 0) is 36.4 Å². The third kappa shape index (κ3) is 4.78. The molecule has 2 aromatic carbocycles. The Morgan fingerprint density at radius 1 is 1.00 bits per heavy atom. The number of fused-ring (bicyclic) bond motifs is 1. The van der Waals surface area contributed by atoms with Crippen LogP contribution in [0.15, 0.2) is 54.9 Å². The average Bonchev–Trinajstić information content (AvgIpc) is 3.10. The van der Waals surface area contributed by atoms with Crippen molar-refractivity contribution >= 4 is 49.7 Å². The number of nitrogens with one attached hydrogen (secondary N) is 2. The van der Waals surface area contributed by atoms with E-state index < -0.39 is 22.7 Å². The Kier molecular flexibility index (Phi) is 5.25. The minimum absolute atomic E-state index is 0.0846. The SMILES string of the molecule is O=[N+]([O-])c1c(Nc2ccc(OC(F)(F)F)cc2)ncnc1Nc1nc2ccccc2s1. The summed E-state index contributed by atoms with van der Waals surface area (Å²) in [6.07, 6.45) is -3.70. The molecule has 0 spiro atoms. The largest absolute Gasteiger partial charge is 0.573 e. The lowest BCUT2D eigenvalue weighted by Gasteiger charge is -2.11. The van der Waals surface area contributed by atoms with Gasteiger partial charge in [0.05, 0.1) is 15.1 Å². The third-order valence-electron chi connectivity index (χ3n) is 3.87. The van der Waals surface area contributed by atoms with Gasteiger partial charge >= 0.3 is 12.0 Å². The summed E-state index contributed by atoms with van der Waals surface area (Å²) in [4.78, 5) is 23.2. The van der Waals surface area contributed by atoms with Crippen LogP contribution in [0.4, 0.5) is 41.3 Å². The molecule has 0 aliphatic heterocycles. The molecule has 0 saturated heterocycles. The van der Waals surface area contributed by atoms with Crippen molar-refractivity contribution in [2.75, 3.05) is 10.6 Å². The smallest absolute Gasteiger partial charge is 0.406 e. The second kappa shape index (κ2) is 8.02. The number of hydrogen-bond acceptors (Lipinski definition) is 9. The molecule has 0 radical (unpaired) electrons. The van der Waals surface area contributed by atoms with Gasteiger partial charge < -0.3 is 15.4 Å². The van der Waals surface area contributed by atoms with Gasteiger partial charge in [-0.15, -0.1) is 13.2 Å². The highest BCUT2D eigenvalue weighted by atomic mass is 32.1. The number of nitro groups is 1. The molecule has 0 aliphatic carbocycles. The fourth-order valence-corrected chi connectivity index (χ4v) is 3.50. The zero-order chi connectivity index (χ0) is 22.0. The first-order valence-corrected chi connectivity index (χ1v) is 9.35. The highest BCUT2D eigenvalue weighted by Crippen LogP contribution is 2.35. The standard InChI is InChI=1S/C18H11F3N6O3S/c19-18(20,21)30-11-7-5-10(6-8-11)24-15-14(27(28)29)16(23-9-22-15)26-17-25-12-3-1-2-4-13(12)31-17/h1-9H,(H2,22,23,24,25,26). The number of anilines is 4. The van der Waals surface area contributed by atoms with Gasteiger partial charge in [-0.25, -0.2) is 15.0 Å². The first-order valence-electron chi connectivity index (χ1n) is 8.53. The fraction of sp³-hybridized carbons (Fsp3) is 0.0556. The number of benzene rings is 2. The molecule has 4 aromatic rings. The monoisotopic (exact) mass is 448 g/mol. The Hall–Kier alpha value is -4.00. The van der Waals surface area contributed by atoms with Gasteiger partial charge in [0, 0.05) is 5.69 Å². The predicted octanol–water partition coefficient (Wildman–Crippen LogP) is 5.38. The molecule has 2 N–H and O–H groups in total. The van der Waals surface area contributed by atoms with Crippen molar-refractivity contribution in [1.29, 1.82) is 0 Å². The van der Waals surface area contributed by atoms with Crippen LogP contribution in [0.25, 0.3) is 10.2 Å². The van der Waals surface area contributed by atoms with Crippen LogP contribution in [0.3, 0.4) is 0 Å². The van der Waals surface area contributed by atoms with Crippen molar-refractivity contribution in [3.8, 4) is 5.75 Å². The van der Waals surface area contributed by atoms with Gasteiger partial charge in [-0.3, -0.25) is 10.1 Å². The highest BCUT2D eigenvalue weighted by Gasteiger charge is 2.31. The summed E-state index contributed by atoms with van der Waals surface area (Å²) >= 11 is 1.30. The Labute approximate surface area is 175 Å². The lowest BCUT2D eigenvalue weighted by Crippen LogP contribution is -2.17. The van der Waals surface area contributed by atoms with E-state index >= 15 is 0 Å². The van der Waals surface area contributed by atoms with E-state index in [2.05, 4.69) is 30.3 Å².